The summed E-state index contributed by atoms with van der Waals surface area (Å²) < 4.78 is 30.8. The van der Waals surface area contributed by atoms with Gasteiger partial charge in [0.1, 0.15) is 5.82 Å². The number of nitrogens with two attached hydrogens (primary N) is 1. The number of nitrogens with zero attached hydrogens (tertiary/aromatic N) is 2. The molecule has 3 N–H and O–H groups in total. The van der Waals surface area contributed by atoms with Crippen LogP contribution in [-0.2, 0) is 21.1 Å². The largest absolute Gasteiger partial charge is 0.382 e. The summed E-state index contributed by atoms with van der Waals surface area (Å²) in [6, 6.07) is 15.4. The molecule has 3 heterocycles. The predicted molar refractivity (Wildman–Crippen MR) is 122 cm³/mol. The summed E-state index contributed by atoms with van der Waals surface area (Å²) in [5, 5.41) is 4.52. The molecular formula is C23H26N4O3S. The molecule has 3 aromatic rings. The quantitative estimate of drug-likeness (QED) is 0.646. The molecule has 162 valence electrons. The molecule has 0 atom stereocenters. The standard InChI is InChI=1S/C23H26N4O3S/c1-16-6-7-19-18(10-16)20(25-13-23(24)14-30-15-23)11-22(26-19)27-8-9-31(28,29)21-5-3-2-4-17(21)12-27/h2-7,10-11H,8-9,12-15,24H2,1H3,(H,25,26). The van der Waals surface area contributed by atoms with Crippen LogP contribution < -0.4 is 16.0 Å². The fraction of sp³-hybridized carbons (Fsp3) is 0.348. The molecule has 0 spiro atoms. The van der Waals surface area contributed by atoms with Crippen molar-refractivity contribution in [3.63, 3.8) is 0 Å². The van der Waals surface area contributed by atoms with Gasteiger partial charge < -0.3 is 20.7 Å². The average molecular weight is 439 g/mol. The Balaban J connectivity index is 1.54. The monoisotopic (exact) mass is 438 g/mol. The van der Waals surface area contributed by atoms with E-state index in [2.05, 4.69) is 18.3 Å². The maximum atomic E-state index is 12.8. The highest BCUT2D eigenvalue weighted by molar-refractivity contribution is 7.91. The Morgan fingerprint density at radius 3 is 2.77 bits per heavy atom. The number of anilines is 2. The first-order valence-corrected chi connectivity index (χ1v) is 12.1. The topological polar surface area (TPSA) is 97.6 Å². The van der Waals surface area contributed by atoms with Crippen LogP contribution in [0.3, 0.4) is 0 Å². The van der Waals surface area contributed by atoms with Crippen LogP contribution in [-0.4, -0.2) is 51.0 Å². The third kappa shape index (κ3) is 3.86. The number of ether oxygens (including phenoxy) is 1. The zero-order valence-corrected chi connectivity index (χ0v) is 18.3. The first kappa shape index (κ1) is 20.2. The number of fused-ring (bicyclic) bond motifs is 2. The second-order valence-electron chi connectivity index (χ2n) is 8.61. The highest BCUT2D eigenvalue weighted by Crippen LogP contribution is 2.31. The van der Waals surface area contributed by atoms with Gasteiger partial charge in [-0.1, -0.05) is 29.8 Å². The van der Waals surface area contributed by atoms with Crippen LogP contribution >= 0.6 is 0 Å². The molecule has 0 amide bonds. The summed E-state index contributed by atoms with van der Waals surface area (Å²) in [4.78, 5) is 7.34. The molecule has 7 nitrogen and oxygen atoms in total. The molecule has 2 aromatic carbocycles. The van der Waals surface area contributed by atoms with Gasteiger partial charge in [0.2, 0.25) is 0 Å². The van der Waals surface area contributed by atoms with Crippen LogP contribution in [0.2, 0.25) is 0 Å². The Bertz CT molecular complexity index is 1250. The Kier molecular flexibility index (Phi) is 4.88. The van der Waals surface area contributed by atoms with E-state index in [1.54, 1.807) is 12.1 Å². The van der Waals surface area contributed by atoms with Crippen LogP contribution in [0.5, 0.6) is 0 Å². The maximum absolute atomic E-state index is 12.8. The van der Waals surface area contributed by atoms with E-state index < -0.39 is 9.84 Å². The average Bonchev–Trinajstić information content (AvgIpc) is 2.87. The van der Waals surface area contributed by atoms with Crippen molar-refractivity contribution in [3.8, 4) is 0 Å². The van der Waals surface area contributed by atoms with Gasteiger partial charge in [-0.2, -0.15) is 0 Å². The number of nitrogens with one attached hydrogen (secondary N) is 1. The van der Waals surface area contributed by atoms with Crippen LogP contribution in [0, 0.1) is 6.92 Å². The van der Waals surface area contributed by atoms with Crippen LogP contribution in [0.15, 0.2) is 53.4 Å². The lowest BCUT2D eigenvalue weighted by atomic mass is 9.99. The van der Waals surface area contributed by atoms with E-state index >= 15 is 0 Å². The van der Waals surface area contributed by atoms with Crippen molar-refractivity contribution in [3.05, 3.63) is 59.7 Å². The van der Waals surface area contributed by atoms with Gasteiger partial charge in [0.25, 0.3) is 0 Å². The van der Waals surface area contributed by atoms with Gasteiger partial charge >= 0.3 is 0 Å². The number of hydrogen-bond donors (Lipinski definition) is 2. The smallest absolute Gasteiger partial charge is 0.180 e. The molecule has 31 heavy (non-hydrogen) atoms. The highest BCUT2D eigenvalue weighted by Gasteiger charge is 2.34. The zero-order valence-electron chi connectivity index (χ0n) is 17.5. The molecule has 2 aliphatic rings. The van der Waals surface area contributed by atoms with Crippen LogP contribution in [0.25, 0.3) is 10.9 Å². The fourth-order valence-corrected chi connectivity index (χ4v) is 5.63. The van der Waals surface area contributed by atoms with E-state index in [9.17, 15) is 8.42 Å². The number of sulfone groups is 1. The fourth-order valence-electron chi connectivity index (χ4n) is 4.13. The lowest BCUT2D eigenvalue weighted by Gasteiger charge is -2.38. The summed E-state index contributed by atoms with van der Waals surface area (Å²) in [5.74, 6) is 0.811. The minimum Gasteiger partial charge on any atom is -0.382 e. The predicted octanol–water partition coefficient (Wildman–Crippen LogP) is 2.48. The highest BCUT2D eigenvalue weighted by atomic mass is 32.2. The van der Waals surface area contributed by atoms with Crippen molar-refractivity contribution in [2.45, 2.75) is 23.9 Å². The lowest BCUT2D eigenvalue weighted by molar-refractivity contribution is -0.0461. The number of benzene rings is 2. The molecule has 0 aliphatic carbocycles. The van der Waals surface area contributed by atoms with Crippen molar-refractivity contribution in [1.29, 1.82) is 0 Å². The molecule has 0 saturated carbocycles. The number of hydrogen-bond acceptors (Lipinski definition) is 7. The second kappa shape index (κ2) is 7.47. The normalized spacial score (nSPS) is 19.4. The molecule has 2 aliphatic heterocycles. The van der Waals surface area contributed by atoms with Gasteiger partial charge in [-0.05, 0) is 30.7 Å². The van der Waals surface area contributed by atoms with Crippen LogP contribution in [0.4, 0.5) is 11.5 Å². The van der Waals surface area contributed by atoms with Crippen molar-refractivity contribution < 1.29 is 13.2 Å². The van der Waals surface area contributed by atoms with Gasteiger partial charge in [0.05, 0.1) is 34.9 Å². The van der Waals surface area contributed by atoms with Crippen molar-refractivity contribution >= 4 is 32.2 Å². The van der Waals surface area contributed by atoms with Crippen molar-refractivity contribution in [2.24, 2.45) is 5.73 Å². The number of pyridine rings is 1. The first-order valence-electron chi connectivity index (χ1n) is 10.4. The van der Waals surface area contributed by atoms with Crippen molar-refractivity contribution in [1.82, 2.24) is 4.98 Å². The molecular weight excluding hydrogens is 412 g/mol. The van der Waals surface area contributed by atoms with E-state index in [0.29, 0.717) is 37.7 Å². The first-order chi connectivity index (χ1) is 14.8. The number of rotatable bonds is 4. The Labute approximate surface area is 182 Å². The van der Waals surface area contributed by atoms with E-state index in [4.69, 9.17) is 15.5 Å². The van der Waals surface area contributed by atoms with Gasteiger partial charge in [-0.3, -0.25) is 0 Å². The Morgan fingerprint density at radius 2 is 2.00 bits per heavy atom. The zero-order chi connectivity index (χ0) is 21.6. The number of aryl methyl sites for hydroxylation is 1. The molecule has 0 bridgehead atoms. The van der Waals surface area contributed by atoms with Crippen LogP contribution in [0.1, 0.15) is 11.1 Å². The minimum atomic E-state index is -3.32. The summed E-state index contributed by atoms with van der Waals surface area (Å²) in [5.41, 5.74) is 9.72. The van der Waals surface area contributed by atoms with E-state index in [0.717, 1.165) is 33.5 Å². The van der Waals surface area contributed by atoms with Gasteiger partial charge in [0, 0.05) is 36.8 Å². The van der Waals surface area contributed by atoms with Gasteiger partial charge in [0.15, 0.2) is 9.84 Å². The molecule has 8 heteroatoms. The summed E-state index contributed by atoms with van der Waals surface area (Å²) in [7, 11) is -3.32. The van der Waals surface area contributed by atoms with Crippen molar-refractivity contribution in [2.75, 3.05) is 42.3 Å². The Morgan fingerprint density at radius 1 is 1.19 bits per heavy atom. The van der Waals surface area contributed by atoms with E-state index in [-0.39, 0.29) is 11.3 Å². The van der Waals surface area contributed by atoms with E-state index in [1.807, 2.05) is 35.2 Å². The molecule has 1 saturated heterocycles. The minimum absolute atomic E-state index is 0.0592. The molecule has 5 rings (SSSR count). The second-order valence-corrected chi connectivity index (χ2v) is 10.7. The summed E-state index contributed by atoms with van der Waals surface area (Å²) >= 11 is 0. The number of aromatic nitrogens is 1. The molecule has 1 fully saturated rings. The Hall–Kier alpha value is -2.68. The maximum Gasteiger partial charge on any atom is 0.180 e. The van der Waals surface area contributed by atoms with Gasteiger partial charge in [-0.15, -0.1) is 0 Å². The molecule has 0 radical (unpaired) electrons. The molecule has 1 aromatic heterocycles. The summed E-state index contributed by atoms with van der Waals surface area (Å²) in [6.45, 7) is 4.60. The SMILES string of the molecule is Cc1ccc2nc(N3CCS(=O)(=O)c4ccccc4C3)cc(NCC3(N)COC3)c2c1. The third-order valence-electron chi connectivity index (χ3n) is 5.98. The van der Waals surface area contributed by atoms with Gasteiger partial charge in [-0.25, -0.2) is 13.4 Å². The summed E-state index contributed by atoms with van der Waals surface area (Å²) in [6.07, 6.45) is 0. The lowest BCUT2D eigenvalue weighted by Crippen LogP contribution is -2.61. The molecule has 0 unspecified atom stereocenters. The van der Waals surface area contributed by atoms with E-state index in [1.165, 1.54) is 0 Å². The third-order valence-corrected chi connectivity index (χ3v) is 7.77.